The molecule has 0 atom stereocenters. The molecular formula is C59H39N. The van der Waals surface area contributed by atoms with E-state index in [2.05, 4.69) is 212 Å². The van der Waals surface area contributed by atoms with Crippen LogP contribution in [0.1, 0.15) is 22.3 Å². The molecule has 1 heteroatoms. The third-order valence-corrected chi connectivity index (χ3v) is 12.8. The number of rotatable bonds is 3. The van der Waals surface area contributed by atoms with E-state index in [0.29, 0.717) is 0 Å². The van der Waals surface area contributed by atoms with Gasteiger partial charge in [0.05, 0.1) is 11.2 Å². The van der Waals surface area contributed by atoms with E-state index in [1.165, 1.54) is 104 Å². The number of nitrogens with zero attached hydrogens (tertiary/aromatic N) is 1. The van der Waals surface area contributed by atoms with Crippen LogP contribution in [0.2, 0.25) is 0 Å². The van der Waals surface area contributed by atoms with E-state index in [4.69, 9.17) is 4.98 Å². The van der Waals surface area contributed by atoms with E-state index in [1.54, 1.807) is 0 Å². The first-order chi connectivity index (χ1) is 29.8. The Balaban J connectivity index is 1.07. The zero-order chi connectivity index (χ0) is 39.6. The fourth-order valence-electron chi connectivity index (χ4n) is 10.0. The molecule has 0 unspecified atom stereocenters. The predicted molar refractivity (Wildman–Crippen MR) is 253 cm³/mol. The van der Waals surface area contributed by atoms with E-state index < -0.39 is 0 Å². The maximum atomic E-state index is 5.47. The second-order valence-corrected chi connectivity index (χ2v) is 16.1. The first-order valence-electron chi connectivity index (χ1n) is 21.0. The Morgan fingerprint density at radius 3 is 1.25 bits per heavy atom. The van der Waals surface area contributed by atoms with E-state index in [9.17, 15) is 0 Å². The van der Waals surface area contributed by atoms with Gasteiger partial charge in [-0.25, -0.2) is 4.98 Å². The smallest absolute Gasteiger partial charge is 0.0788 e. The number of pyridine rings is 1. The van der Waals surface area contributed by atoms with Crippen molar-refractivity contribution in [1.29, 1.82) is 0 Å². The van der Waals surface area contributed by atoms with Gasteiger partial charge >= 0.3 is 0 Å². The van der Waals surface area contributed by atoms with Gasteiger partial charge in [-0.3, -0.25) is 0 Å². The number of hydrogen-bond donors (Lipinski definition) is 0. The second kappa shape index (κ2) is 14.0. The lowest BCUT2D eigenvalue weighted by atomic mass is 9.82. The van der Waals surface area contributed by atoms with Gasteiger partial charge in [-0.05, 0) is 125 Å². The predicted octanol–water partition coefficient (Wildman–Crippen LogP) is 15.5. The standard InChI is InChI=1S/C59H39N/c1-2-16-38(17-3-1)57-49-25-10-12-27-51(49)58(52-28-13-11-26-50(52)57)39-30-32-40(33-31-39)59-55-37-53-44(36-54(55)48-24-14-15-29-56(48)60-59)35-43-20-5-8-22-46(43)45-21-7-4-18-41(45)34-42-19-6-9-23-47(42)53/h1-33,36-37H,34-35H2. The molecule has 1 aliphatic carbocycles. The second-order valence-electron chi connectivity index (χ2n) is 16.1. The molecule has 0 N–H and O–H groups in total. The molecular weight excluding hydrogens is 723 g/mol. The molecule has 0 spiro atoms. The Labute approximate surface area is 349 Å². The minimum Gasteiger partial charge on any atom is -0.247 e. The lowest BCUT2D eigenvalue weighted by molar-refractivity contribution is 1.15. The lowest BCUT2D eigenvalue weighted by Gasteiger charge is -2.22. The first-order valence-corrected chi connectivity index (χ1v) is 21.0. The zero-order valence-electron chi connectivity index (χ0n) is 33.1. The highest BCUT2D eigenvalue weighted by atomic mass is 14.7. The van der Waals surface area contributed by atoms with E-state index in [1.807, 2.05) is 0 Å². The van der Waals surface area contributed by atoms with Crippen LogP contribution in [0.3, 0.4) is 0 Å². The van der Waals surface area contributed by atoms with Gasteiger partial charge in [0.15, 0.2) is 0 Å². The highest BCUT2D eigenvalue weighted by Crippen LogP contribution is 2.45. The number of fused-ring (bicyclic) bond motifs is 11. The fraction of sp³-hybridized carbons (Fsp3) is 0.0339. The molecule has 10 aromatic carbocycles. The van der Waals surface area contributed by atoms with Crippen LogP contribution >= 0.6 is 0 Å². The maximum absolute atomic E-state index is 5.47. The Morgan fingerprint density at radius 2 is 0.683 bits per heavy atom. The van der Waals surface area contributed by atoms with Crippen molar-refractivity contribution in [2.45, 2.75) is 12.8 Å². The minimum atomic E-state index is 0.829. The summed E-state index contributed by atoms with van der Waals surface area (Å²) in [7, 11) is 0. The molecule has 0 bridgehead atoms. The molecule has 1 aliphatic rings. The molecule has 0 fully saturated rings. The van der Waals surface area contributed by atoms with Crippen molar-refractivity contribution in [1.82, 2.24) is 4.98 Å². The SMILES string of the molecule is c1ccc(-c2c3ccccc3c(-c3ccc(-c4nc5ccccc5c5cc6c(cc45)-c4ccccc4Cc4ccccc4-c4ccccc4C6)cc3)c3ccccc23)cc1. The summed E-state index contributed by atoms with van der Waals surface area (Å²) in [6.07, 6.45) is 1.69. The zero-order valence-corrected chi connectivity index (χ0v) is 33.1. The largest absolute Gasteiger partial charge is 0.247 e. The van der Waals surface area contributed by atoms with Gasteiger partial charge in [-0.1, -0.05) is 194 Å². The van der Waals surface area contributed by atoms with Crippen molar-refractivity contribution >= 4 is 43.2 Å². The average Bonchev–Trinajstić information content (AvgIpc) is 3.31. The van der Waals surface area contributed by atoms with E-state index in [-0.39, 0.29) is 0 Å². The summed E-state index contributed by atoms with van der Waals surface area (Å²) in [6, 6.07) is 78.2. The first kappa shape index (κ1) is 34.4. The summed E-state index contributed by atoms with van der Waals surface area (Å²) >= 11 is 0. The number of aromatic nitrogens is 1. The van der Waals surface area contributed by atoms with Gasteiger partial charge in [0.25, 0.3) is 0 Å². The third-order valence-electron chi connectivity index (χ3n) is 12.8. The molecule has 1 nitrogen and oxygen atoms in total. The van der Waals surface area contributed by atoms with Crippen LogP contribution in [0, 0.1) is 0 Å². The summed E-state index contributed by atoms with van der Waals surface area (Å²) < 4.78 is 0. The highest BCUT2D eigenvalue weighted by molar-refractivity contribution is 6.21. The van der Waals surface area contributed by atoms with Gasteiger partial charge in [0, 0.05) is 16.3 Å². The van der Waals surface area contributed by atoms with Gasteiger partial charge in [-0.2, -0.15) is 0 Å². The van der Waals surface area contributed by atoms with Gasteiger partial charge in [0.2, 0.25) is 0 Å². The number of para-hydroxylation sites is 1. The van der Waals surface area contributed by atoms with Crippen LogP contribution in [0.25, 0.3) is 99.0 Å². The highest BCUT2D eigenvalue weighted by Gasteiger charge is 2.22. The number of hydrogen-bond acceptors (Lipinski definition) is 1. The maximum Gasteiger partial charge on any atom is 0.0788 e. The molecule has 0 amide bonds. The van der Waals surface area contributed by atoms with Crippen LogP contribution in [-0.4, -0.2) is 4.98 Å². The lowest BCUT2D eigenvalue weighted by Crippen LogP contribution is -2.03. The van der Waals surface area contributed by atoms with Crippen molar-refractivity contribution < 1.29 is 0 Å². The third kappa shape index (κ3) is 5.58. The normalized spacial score (nSPS) is 12.2. The molecule has 0 radical (unpaired) electrons. The Kier molecular flexibility index (Phi) is 8.06. The summed E-state index contributed by atoms with van der Waals surface area (Å²) in [5.74, 6) is 0. The molecule has 11 aromatic rings. The van der Waals surface area contributed by atoms with Crippen molar-refractivity contribution in [3.63, 3.8) is 0 Å². The molecule has 0 saturated heterocycles. The van der Waals surface area contributed by atoms with Crippen molar-refractivity contribution in [3.05, 3.63) is 235 Å². The van der Waals surface area contributed by atoms with Crippen molar-refractivity contribution in [3.8, 4) is 55.8 Å². The summed E-state index contributed by atoms with van der Waals surface area (Å²) in [4.78, 5) is 5.47. The van der Waals surface area contributed by atoms with Crippen LogP contribution in [0.15, 0.2) is 212 Å². The molecule has 60 heavy (non-hydrogen) atoms. The topological polar surface area (TPSA) is 12.9 Å². The minimum absolute atomic E-state index is 0.829. The number of benzene rings is 10. The van der Waals surface area contributed by atoms with E-state index >= 15 is 0 Å². The average molecular weight is 762 g/mol. The molecule has 12 rings (SSSR count). The van der Waals surface area contributed by atoms with Crippen LogP contribution < -0.4 is 0 Å². The van der Waals surface area contributed by atoms with Gasteiger partial charge in [-0.15, -0.1) is 0 Å². The molecule has 1 aromatic heterocycles. The van der Waals surface area contributed by atoms with E-state index in [0.717, 1.165) is 29.6 Å². The Bertz CT molecular complexity index is 3410. The Morgan fingerprint density at radius 1 is 0.267 bits per heavy atom. The molecule has 0 saturated carbocycles. The summed E-state index contributed by atoms with van der Waals surface area (Å²) in [5, 5.41) is 8.62. The van der Waals surface area contributed by atoms with Crippen LogP contribution in [-0.2, 0) is 12.8 Å². The molecule has 0 aliphatic heterocycles. The van der Waals surface area contributed by atoms with Crippen molar-refractivity contribution in [2.24, 2.45) is 0 Å². The van der Waals surface area contributed by atoms with Gasteiger partial charge in [0.1, 0.15) is 0 Å². The van der Waals surface area contributed by atoms with Crippen LogP contribution in [0.4, 0.5) is 0 Å². The monoisotopic (exact) mass is 761 g/mol. The fourth-order valence-corrected chi connectivity index (χ4v) is 10.0. The van der Waals surface area contributed by atoms with Crippen LogP contribution in [0.5, 0.6) is 0 Å². The van der Waals surface area contributed by atoms with Crippen molar-refractivity contribution in [2.75, 3.05) is 0 Å². The summed E-state index contributed by atoms with van der Waals surface area (Å²) in [5.41, 5.74) is 18.7. The summed E-state index contributed by atoms with van der Waals surface area (Å²) in [6.45, 7) is 0. The van der Waals surface area contributed by atoms with Gasteiger partial charge < -0.3 is 0 Å². The Hall–Kier alpha value is -7.61. The quantitative estimate of drug-likeness (QED) is 0.129. The molecule has 1 heterocycles. The molecule has 280 valence electrons.